The minimum Gasteiger partial charge on any atom is -0.331 e. The molecule has 0 spiro atoms. The molecule has 0 bridgehead atoms. The van der Waals surface area contributed by atoms with Crippen LogP contribution in [-0.2, 0) is 13.5 Å². The van der Waals surface area contributed by atoms with E-state index in [4.69, 9.17) is 11.6 Å². The molecule has 2 aromatic heterocycles. The van der Waals surface area contributed by atoms with Crippen molar-refractivity contribution < 1.29 is 0 Å². The van der Waals surface area contributed by atoms with Gasteiger partial charge in [-0.1, -0.05) is 29.8 Å². The summed E-state index contributed by atoms with van der Waals surface area (Å²) in [5.41, 5.74) is 3.08. The third-order valence-electron chi connectivity index (χ3n) is 2.99. The van der Waals surface area contributed by atoms with E-state index in [9.17, 15) is 0 Å². The quantitative estimate of drug-likeness (QED) is 0.660. The molecule has 4 heteroatoms. The summed E-state index contributed by atoms with van der Waals surface area (Å²) in [5.74, 6) is 0.992. The average molecular weight is 258 g/mol. The van der Waals surface area contributed by atoms with Crippen LogP contribution in [0.4, 0.5) is 0 Å². The van der Waals surface area contributed by atoms with Crippen LogP contribution >= 0.6 is 11.6 Å². The van der Waals surface area contributed by atoms with Crippen molar-refractivity contribution in [2.75, 3.05) is 0 Å². The first kappa shape index (κ1) is 11.2. The first-order valence-corrected chi connectivity index (χ1v) is 6.13. The zero-order valence-electron chi connectivity index (χ0n) is 9.97. The largest absolute Gasteiger partial charge is 0.331 e. The van der Waals surface area contributed by atoms with Crippen LogP contribution < -0.4 is 0 Å². The fourth-order valence-electron chi connectivity index (χ4n) is 2.06. The van der Waals surface area contributed by atoms with Gasteiger partial charge in [0.05, 0.1) is 11.0 Å². The number of imidazole rings is 1. The lowest BCUT2D eigenvalue weighted by molar-refractivity contribution is 0.832. The minimum atomic E-state index is 0.520. The molecule has 2 heterocycles. The molecule has 3 nitrogen and oxygen atoms in total. The predicted molar refractivity (Wildman–Crippen MR) is 72.8 cm³/mol. The molecule has 0 amide bonds. The lowest BCUT2D eigenvalue weighted by Crippen LogP contribution is -2.00. The minimum absolute atomic E-state index is 0.520. The van der Waals surface area contributed by atoms with Gasteiger partial charge in [-0.15, -0.1) is 0 Å². The van der Waals surface area contributed by atoms with Crippen molar-refractivity contribution in [3.05, 3.63) is 59.1 Å². The summed E-state index contributed by atoms with van der Waals surface area (Å²) in [4.78, 5) is 8.91. The third kappa shape index (κ3) is 1.97. The molecular weight excluding hydrogens is 246 g/mol. The van der Waals surface area contributed by atoms with Crippen molar-refractivity contribution in [3.63, 3.8) is 0 Å². The molecule has 0 atom stereocenters. The number of aromatic nitrogens is 3. The zero-order valence-corrected chi connectivity index (χ0v) is 10.7. The summed E-state index contributed by atoms with van der Waals surface area (Å²) in [6.45, 7) is 0. The molecule has 0 aliphatic carbocycles. The molecule has 0 saturated carbocycles. The normalized spacial score (nSPS) is 11.0. The van der Waals surface area contributed by atoms with Gasteiger partial charge < -0.3 is 4.57 Å². The highest BCUT2D eigenvalue weighted by Gasteiger charge is 2.08. The first-order chi connectivity index (χ1) is 8.74. The topological polar surface area (TPSA) is 30.7 Å². The smallest absolute Gasteiger partial charge is 0.129 e. The summed E-state index contributed by atoms with van der Waals surface area (Å²) in [6.07, 6.45) is 0.686. The van der Waals surface area contributed by atoms with Crippen molar-refractivity contribution in [3.8, 4) is 0 Å². The predicted octanol–water partition coefficient (Wildman–Crippen LogP) is 3.21. The maximum atomic E-state index is 5.89. The molecule has 0 radical (unpaired) electrons. The highest BCUT2D eigenvalue weighted by molar-refractivity contribution is 6.29. The number of rotatable bonds is 2. The average Bonchev–Trinajstić information content (AvgIpc) is 2.67. The Kier molecular flexibility index (Phi) is 2.76. The van der Waals surface area contributed by atoms with Gasteiger partial charge >= 0.3 is 0 Å². The Balaban J connectivity index is 2.02. The third-order valence-corrected chi connectivity index (χ3v) is 3.20. The van der Waals surface area contributed by atoms with E-state index in [2.05, 4.69) is 20.6 Å². The van der Waals surface area contributed by atoms with E-state index in [-0.39, 0.29) is 0 Å². The second-order valence-electron chi connectivity index (χ2n) is 4.20. The molecule has 90 valence electrons. The fourth-order valence-corrected chi connectivity index (χ4v) is 2.25. The number of hydrogen-bond donors (Lipinski definition) is 0. The van der Waals surface area contributed by atoms with Crippen LogP contribution in [0, 0.1) is 0 Å². The van der Waals surface area contributed by atoms with Crippen LogP contribution in [0.5, 0.6) is 0 Å². The van der Waals surface area contributed by atoms with Crippen molar-refractivity contribution in [1.29, 1.82) is 0 Å². The summed E-state index contributed by atoms with van der Waals surface area (Å²) < 4.78 is 2.10. The van der Waals surface area contributed by atoms with Crippen LogP contribution in [0.25, 0.3) is 11.0 Å². The Morgan fingerprint density at radius 3 is 2.67 bits per heavy atom. The van der Waals surface area contributed by atoms with Crippen molar-refractivity contribution in [2.45, 2.75) is 6.42 Å². The molecule has 3 rings (SSSR count). The maximum absolute atomic E-state index is 5.89. The summed E-state index contributed by atoms with van der Waals surface area (Å²) in [6, 6.07) is 13.8. The molecule has 0 aliphatic rings. The van der Waals surface area contributed by atoms with Crippen LogP contribution in [0.1, 0.15) is 11.5 Å². The number of para-hydroxylation sites is 2. The van der Waals surface area contributed by atoms with Gasteiger partial charge in [0.2, 0.25) is 0 Å². The number of nitrogens with zero attached hydrogens (tertiary/aromatic N) is 3. The van der Waals surface area contributed by atoms with Crippen molar-refractivity contribution in [2.24, 2.45) is 7.05 Å². The molecule has 0 unspecified atom stereocenters. The number of aryl methyl sites for hydroxylation is 1. The van der Waals surface area contributed by atoms with Gasteiger partial charge in [-0.2, -0.15) is 0 Å². The Hall–Kier alpha value is -1.87. The fraction of sp³-hybridized carbons (Fsp3) is 0.143. The Bertz CT molecular complexity index is 703. The first-order valence-electron chi connectivity index (χ1n) is 5.76. The SMILES string of the molecule is Cn1c(Cc2cccc(Cl)n2)nc2ccccc21. The molecule has 18 heavy (non-hydrogen) atoms. The molecule has 0 saturated heterocycles. The van der Waals surface area contributed by atoms with E-state index < -0.39 is 0 Å². The number of pyridine rings is 1. The summed E-state index contributed by atoms with van der Waals surface area (Å²) in [7, 11) is 2.02. The van der Waals surface area contributed by atoms with E-state index in [1.165, 1.54) is 0 Å². The Morgan fingerprint density at radius 2 is 1.89 bits per heavy atom. The van der Waals surface area contributed by atoms with Gasteiger partial charge in [-0.05, 0) is 24.3 Å². The van der Waals surface area contributed by atoms with Gasteiger partial charge in [0.15, 0.2) is 0 Å². The van der Waals surface area contributed by atoms with Crippen LogP contribution in [0.3, 0.4) is 0 Å². The summed E-state index contributed by atoms with van der Waals surface area (Å²) >= 11 is 5.89. The molecule has 0 N–H and O–H groups in total. The van der Waals surface area contributed by atoms with E-state index in [0.29, 0.717) is 11.6 Å². The lowest BCUT2D eigenvalue weighted by Gasteiger charge is -2.02. The number of halogens is 1. The molecule has 0 fully saturated rings. The van der Waals surface area contributed by atoms with Crippen LogP contribution in [-0.4, -0.2) is 14.5 Å². The van der Waals surface area contributed by atoms with Gasteiger partial charge in [-0.3, -0.25) is 0 Å². The molecule has 1 aromatic carbocycles. The van der Waals surface area contributed by atoms with Crippen LogP contribution in [0.2, 0.25) is 5.15 Å². The Labute approximate surface area is 110 Å². The summed E-state index contributed by atoms with van der Waals surface area (Å²) in [5, 5.41) is 0.520. The van der Waals surface area contributed by atoms with Crippen molar-refractivity contribution >= 4 is 22.6 Å². The van der Waals surface area contributed by atoms with E-state index in [1.807, 2.05) is 37.4 Å². The second-order valence-corrected chi connectivity index (χ2v) is 4.59. The van der Waals surface area contributed by atoms with E-state index in [1.54, 1.807) is 6.07 Å². The number of fused-ring (bicyclic) bond motifs is 1. The molecule has 3 aromatic rings. The van der Waals surface area contributed by atoms with Gasteiger partial charge in [0, 0.05) is 19.2 Å². The van der Waals surface area contributed by atoms with E-state index in [0.717, 1.165) is 22.6 Å². The van der Waals surface area contributed by atoms with Gasteiger partial charge in [-0.25, -0.2) is 9.97 Å². The van der Waals surface area contributed by atoms with E-state index >= 15 is 0 Å². The monoisotopic (exact) mass is 257 g/mol. The van der Waals surface area contributed by atoms with Crippen LogP contribution in [0.15, 0.2) is 42.5 Å². The highest BCUT2D eigenvalue weighted by Crippen LogP contribution is 2.16. The van der Waals surface area contributed by atoms with Gasteiger partial charge in [0.25, 0.3) is 0 Å². The maximum Gasteiger partial charge on any atom is 0.129 e. The standard InChI is InChI=1S/C14H12ClN3/c1-18-12-7-3-2-6-11(12)17-14(18)9-10-5-4-8-13(15)16-10/h2-8H,9H2,1H3. The number of benzene rings is 1. The number of hydrogen-bond acceptors (Lipinski definition) is 2. The van der Waals surface area contributed by atoms with Gasteiger partial charge in [0.1, 0.15) is 11.0 Å². The van der Waals surface area contributed by atoms with Crippen molar-refractivity contribution in [1.82, 2.24) is 14.5 Å². The highest BCUT2D eigenvalue weighted by atomic mass is 35.5. The Morgan fingerprint density at radius 1 is 1.06 bits per heavy atom. The molecular formula is C14H12ClN3. The lowest BCUT2D eigenvalue weighted by atomic mass is 10.2. The zero-order chi connectivity index (χ0) is 12.5. The second kappa shape index (κ2) is 4.42. The molecule has 0 aliphatic heterocycles.